The summed E-state index contributed by atoms with van der Waals surface area (Å²) in [5.41, 5.74) is 2.83. The Bertz CT molecular complexity index is 839. The molecule has 0 unspecified atom stereocenters. The SMILES string of the molecule is CCCCOc1ccc(/C=N\n2cnc3ccccc32)cc1OC. The monoisotopic (exact) mass is 323 g/mol. The van der Waals surface area contributed by atoms with Crippen LogP contribution in [0, 0.1) is 0 Å². The molecule has 5 heteroatoms. The summed E-state index contributed by atoms with van der Waals surface area (Å²) in [7, 11) is 1.65. The minimum absolute atomic E-state index is 0.696. The van der Waals surface area contributed by atoms with Crippen LogP contribution >= 0.6 is 0 Å². The van der Waals surface area contributed by atoms with Crippen LogP contribution in [0.15, 0.2) is 53.9 Å². The van der Waals surface area contributed by atoms with E-state index in [4.69, 9.17) is 9.47 Å². The lowest BCUT2D eigenvalue weighted by Crippen LogP contribution is -1.99. The topological polar surface area (TPSA) is 48.6 Å². The fourth-order valence-corrected chi connectivity index (χ4v) is 2.38. The van der Waals surface area contributed by atoms with Crippen molar-refractivity contribution >= 4 is 17.2 Å². The van der Waals surface area contributed by atoms with Gasteiger partial charge < -0.3 is 9.47 Å². The van der Waals surface area contributed by atoms with Gasteiger partial charge in [0, 0.05) is 0 Å². The lowest BCUT2D eigenvalue weighted by molar-refractivity contribution is 0.288. The number of hydrogen-bond donors (Lipinski definition) is 0. The second-order valence-electron chi connectivity index (χ2n) is 5.43. The van der Waals surface area contributed by atoms with Gasteiger partial charge in [-0.3, -0.25) is 0 Å². The maximum absolute atomic E-state index is 5.75. The molecule has 0 aliphatic rings. The number of benzene rings is 2. The van der Waals surface area contributed by atoms with Crippen molar-refractivity contribution in [2.45, 2.75) is 19.8 Å². The molecule has 3 rings (SSSR count). The Balaban J connectivity index is 1.79. The van der Waals surface area contributed by atoms with Gasteiger partial charge in [-0.25, -0.2) is 9.66 Å². The van der Waals surface area contributed by atoms with Crippen molar-refractivity contribution in [1.29, 1.82) is 0 Å². The van der Waals surface area contributed by atoms with E-state index < -0.39 is 0 Å². The molecular formula is C19H21N3O2. The second-order valence-corrected chi connectivity index (χ2v) is 5.43. The zero-order valence-electron chi connectivity index (χ0n) is 14.0. The maximum atomic E-state index is 5.75. The molecule has 0 aliphatic heterocycles. The van der Waals surface area contributed by atoms with Crippen LogP contribution in [0.3, 0.4) is 0 Å². The van der Waals surface area contributed by atoms with Gasteiger partial charge in [-0.1, -0.05) is 25.5 Å². The van der Waals surface area contributed by atoms with Crippen molar-refractivity contribution in [3.05, 3.63) is 54.4 Å². The molecule has 0 aliphatic carbocycles. The molecule has 24 heavy (non-hydrogen) atoms. The highest BCUT2D eigenvalue weighted by atomic mass is 16.5. The standard InChI is InChI=1S/C19H21N3O2/c1-3-4-11-24-18-10-9-15(12-19(18)23-2)13-21-22-14-20-16-7-5-6-8-17(16)22/h5-10,12-14H,3-4,11H2,1-2H3/b21-13-. The zero-order chi connectivity index (χ0) is 16.8. The smallest absolute Gasteiger partial charge is 0.161 e. The van der Waals surface area contributed by atoms with Gasteiger partial charge >= 0.3 is 0 Å². The largest absolute Gasteiger partial charge is 0.493 e. The molecular weight excluding hydrogens is 302 g/mol. The van der Waals surface area contributed by atoms with Crippen molar-refractivity contribution in [1.82, 2.24) is 9.66 Å². The first-order chi connectivity index (χ1) is 11.8. The minimum Gasteiger partial charge on any atom is -0.493 e. The average molecular weight is 323 g/mol. The van der Waals surface area contributed by atoms with Crippen LogP contribution in [0.5, 0.6) is 11.5 Å². The summed E-state index contributed by atoms with van der Waals surface area (Å²) in [6.07, 6.45) is 5.62. The first-order valence-electron chi connectivity index (χ1n) is 8.09. The normalized spacial score (nSPS) is 11.2. The van der Waals surface area contributed by atoms with E-state index in [0.717, 1.165) is 35.2 Å². The van der Waals surface area contributed by atoms with Crippen LogP contribution in [0.1, 0.15) is 25.3 Å². The highest BCUT2D eigenvalue weighted by Gasteiger charge is 2.05. The summed E-state index contributed by atoms with van der Waals surface area (Å²) in [6.45, 7) is 2.83. The lowest BCUT2D eigenvalue weighted by atomic mass is 10.2. The summed E-state index contributed by atoms with van der Waals surface area (Å²) < 4.78 is 12.9. The summed E-state index contributed by atoms with van der Waals surface area (Å²) in [6, 6.07) is 13.7. The first-order valence-corrected chi connectivity index (χ1v) is 8.09. The van der Waals surface area contributed by atoms with Crippen LogP contribution in [0.4, 0.5) is 0 Å². The number of ether oxygens (including phenoxy) is 2. The minimum atomic E-state index is 0.696. The van der Waals surface area contributed by atoms with E-state index in [1.165, 1.54) is 0 Å². The number of hydrogen-bond acceptors (Lipinski definition) is 4. The fraction of sp³-hybridized carbons (Fsp3) is 0.263. The number of imidazole rings is 1. The number of unbranched alkanes of at least 4 members (excludes halogenated alkanes) is 1. The first kappa shape index (κ1) is 16.1. The van der Waals surface area contributed by atoms with E-state index in [9.17, 15) is 0 Å². The van der Waals surface area contributed by atoms with E-state index in [-0.39, 0.29) is 0 Å². The molecule has 0 saturated heterocycles. The third kappa shape index (κ3) is 3.56. The Kier molecular flexibility index (Phi) is 5.11. The lowest BCUT2D eigenvalue weighted by Gasteiger charge is -2.10. The second kappa shape index (κ2) is 7.64. The number of methoxy groups -OCH3 is 1. The van der Waals surface area contributed by atoms with Crippen molar-refractivity contribution in [2.75, 3.05) is 13.7 Å². The predicted octanol–water partition coefficient (Wildman–Crippen LogP) is 4.11. The Labute approximate surface area is 141 Å². The molecule has 0 bridgehead atoms. The zero-order valence-corrected chi connectivity index (χ0v) is 14.0. The summed E-state index contributed by atoms with van der Waals surface area (Å²) >= 11 is 0. The summed E-state index contributed by atoms with van der Waals surface area (Å²) in [5.74, 6) is 1.47. The Morgan fingerprint density at radius 2 is 2.04 bits per heavy atom. The summed E-state index contributed by atoms with van der Waals surface area (Å²) in [5, 5.41) is 4.48. The van der Waals surface area contributed by atoms with E-state index in [2.05, 4.69) is 17.0 Å². The summed E-state index contributed by atoms with van der Waals surface area (Å²) in [4.78, 5) is 4.33. The molecule has 0 radical (unpaired) electrons. The molecule has 0 N–H and O–H groups in total. The van der Waals surface area contributed by atoms with Gasteiger partial charge in [-0.2, -0.15) is 5.10 Å². The highest BCUT2D eigenvalue weighted by Crippen LogP contribution is 2.27. The average Bonchev–Trinajstić information content (AvgIpc) is 3.04. The van der Waals surface area contributed by atoms with Gasteiger partial charge in [0.15, 0.2) is 11.5 Å². The van der Waals surface area contributed by atoms with Crippen molar-refractivity contribution < 1.29 is 9.47 Å². The number of nitrogens with zero attached hydrogens (tertiary/aromatic N) is 3. The number of aromatic nitrogens is 2. The quantitative estimate of drug-likeness (QED) is 0.486. The van der Waals surface area contributed by atoms with Crippen LogP contribution in [0.2, 0.25) is 0 Å². The van der Waals surface area contributed by atoms with Gasteiger partial charge in [0.05, 0.1) is 31.0 Å². The molecule has 0 amide bonds. The van der Waals surface area contributed by atoms with Gasteiger partial charge in [-0.05, 0) is 42.3 Å². The Morgan fingerprint density at radius 1 is 1.17 bits per heavy atom. The van der Waals surface area contributed by atoms with E-state index in [0.29, 0.717) is 12.4 Å². The molecule has 3 aromatic rings. The number of para-hydroxylation sites is 2. The number of fused-ring (bicyclic) bond motifs is 1. The third-order valence-corrected chi connectivity index (χ3v) is 3.71. The maximum Gasteiger partial charge on any atom is 0.161 e. The molecule has 124 valence electrons. The Morgan fingerprint density at radius 3 is 2.88 bits per heavy atom. The van der Waals surface area contributed by atoms with Crippen LogP contribution in [0.25, 0.3) is 11.0 Å². The fourth-order valence-electron chi connectivity index (χ4n) is 2.38. The molecule has 0 fully saturated rings. The van der Waals surface area contributed by atoms with Crippen LogP contribution < -0.4 is 9.47 Å². The van der Waals surface area contributed by atoms with Crippen LogP contribution in [-0.4, -0.2) is 29.6 Å². The van der Waals surface area contributed by atoms with Crippen LogP contribution in [-0.2, 0) is 0 Å². The van der Waals surface area contributed by atoms with Gasteiger partial charge in [0.2, 0.25) is 0 Å². The predicted molar refractivity (Wildman–Crippen MR) is 96.1 cm³/mol. The van der Waals surface area contributed by atoms with Gasteiger partial charge in [0.25, 0.3) is 0 Å². The molecule has 5 nitrogen and oxygen atoms in total. The van der Waals surface area contributed by atoms with Crippen molar-refractivity contribution in [3.8, 4) is 11.5 Å². The molecule has 0 spiro atoms. The third-order valence-electron chi connectivity index (χ3n) is 3.71. The molecule has 0 saturated carbocycles. The molecule has 0 atom stereocenters. The van der Waals surface area contributed by atoms with E-state index in [1.807, 2.05) is 42.5 Å². The van der Waals surface area contributed by atoms with Gasteiger partial charge in [0.1, 0.15) is 6.33 Å². The Hall–Kier alpha value is -2.82. The molecule has 1 heterocycles. The van der Waals surface area contributed by atoms with Gasteiger partial charge in [-0.15, -0.1) is 0 Å². The van der Waals surface area contributed by atoms with E-state index in [1.54, 1.807) is 24.3 Å². The van der Waals surface area contributed by atoms with E-state index >= 15 is 0 Å². The van der Waals surface area contributed by atoms with Crippen molar-refractivity contribution in [2.24, 2.45) is 5.10 Å². The van der Waals surface area contributed by atoms with Crippen molar-refractivity contribution in [3.63, 3.8) is 0 Å². The molecule has 1 aromatic heterocycles. The number of rotatable bonds is 7. The highest BCUT2D eigenvalue weighted by molar-refractivity contribution is 5.82. The molecule has 2 aromatic carbocycles.